The smallest absolute Gasteiger partial charge is 0.320 e. The predicted molar refractivity (Wildman–Crippen MR) is 207 cm³/mol. The summed E-state index contributed by atoms with van der Waals surface area (Å²) in [5, 5.41) is 21.6. The largest absolute Gasteiger partial charge is 0.323 e. The molecule has 6 aromatic rings. The van der Waals surface area contributed by atoms with E-state index in [1.807, 2.05) is 104 Å². The number of nitrogens with one attached hydrogen (secondary N) is 4. The molecule has 2 aromatic heterocycles. The van der Waals surface area contributed by atoms with Crippen molar-refractivity contribution >= 4 is 6.03 Å². The molecule has 4 N–H and O–H groups in total. The molecule has 8 rings (SSSR count). The number of nitrogens with zero attached hydrogens (tertiary/aromatic N) is 4. The minimum atomic E-state index is 0. The first-order valence-corrected chi connectivity index (χ1v) is 17.3. The van der Waals surface area contributed by atoms with Crippen LogP contribution in [0.4, 0.5) is 4.79 Å². The van der Waals surface area contributed by atoms with Crippen molar-refractivity contribution in [3.8, 4) is 22.5 Å². The second-order valence-electron chi connectivity index (χ2n) is 12.5. The topological polar surface area (TPSA) is 105 Å². The van der Waals surface area contributed by atoms with E-state index in [-0.39, 0.29) is 13.5 Å². The van der Waals surface area contributed by atoms with Gasteiger partial charge in [-0.05, 0) is 18.2 Å². The van der Waals surface area contributed by atoms with Gasteiger partial charge in [0.2, 0.25) is 0 Å². The van der Waals surface area contributed by atoms with Gasteiger partial charge in [-0.1, -0.05) is 129 Å². The Hall–Kier alpha value is -5.51. The summed E-state index contributed by atoms with van der Waals surface area (Å²) < 4.78 is 0. The predicted octanol–water partition coefficient (Wildman–Crippen LogP) is 7.45. The summed E-state index contributed by atoms with van der Waals surface area (Å²) in [5.41, 5.74) is 11.7. The first-order chi connectivity index (χ1) is 24.6. The van der Waals surface area contributed by atoms with Crippen LogP contribution in [0.1, 0.15) is 41.1 Å². The number of hydrogen-bond donors (Lipinski definition) is 4. The third-order valence-corrected chi connectivity index (χ3v) is 8.92. The molecule has 2 aliphatic rings. The first-order valence-electron chi connectivity index (χ1n) is 17.3. The molecule has 264 valence electrons. The number of carbonyl (C=O) groups excluding carboxylic acids is 1. The Morgan fingerprint density at radius 2 is 1.24 bits per heavy atom. The van der Waals surface area contributed by atoms with E-state index in [0.29, 0.717) is 19.6 Å². The summed E-state index contributed by atoms with van der Waals surface area (Å²) >= 11 is 0. The standard InChI is InChI=1S/C21H22N4O.C12H13N3.C8H11N.CH4/c1-24(14-16-8-4-2-5-9-16)21(26)25-13-12-19-18(15-25)20(23-22-19)17-10-6-3-7-11-17;1-2-4-9(5-3-1)12-10-8-13-7-6-11(10)14-15-12;1-9-7-8-5-3-2-4-6-8;/h2-11H,12-15H2,1H3,(H,22,23);1-5,13H,6-8H2,(H,14,15);2-6,9H,7H2,1H3;1H4. The molecule has 2 aliphatic heterocycles. The van der Waals surface area contributed by atoms with Crippen LogP contribution in [0.2, 0.25) is 0 Å². The second-order valence-corrected chi connectivity index (χ2v) is 12.5. The highest BCUT2D eigenvalue weighted by atomic mass is 16.2. The minimum absolute atomic E-state index is 0. The van der Waals surface area contributed by atoms with Crippen molar-refractivity contribution in [2.75, 3.05) is 27.2 Å². The highest BCUT2D eigenvalue weighted by Crippen LogP contribution is 2.29. The lowest BCUT2D eigenvalue weighted by molar-refractivity contribution is 0.155. The molecule has 4 heterocycles. The highest BCUT2D eigenvalue weighted by molar-refractivity contribution is 5.75. The fourth-order valence-electron chi connectivity index (χ4n) is 6.32. The Labute approximate surface area is 302 Å². The molecule has 0 fully saturated rings. The Morgan fingerprint density at radius 3 is 1.80 bits per heavy atom. The van der Waals surface area contributed by atoms with Gasteiger partial charge >= 0.3 is 6.03 Å². The van der Waals surface area contributed by atoms with Crippen molar-refractivity contribution < 1.29 is 4.79 Å². The van der Waals surface area contributed by atoms with Crippen molar-refractivity contribution in [2.24, 2.45) is 0 Å². The van der Waals surface area contributed by atoms with Gasteiger partial charge in [0.05, 0.1) is 17.9 Å². The Morgan fingerprint density at radius 1 is 0.725 bits per heavy atom. The van der Waals surface area contributed by atoms with E-state index in [1.165, 1.54) is 22.4 Å². The van der Waals surface area contributed by atoms with Crippen molar-refractivity contribution in [1.29, 1.82) is 0 Å². The van der Waals surface area contributed by atoms with Crippen LogP contribution in [0.3, 0.4) is 0 Å². The molecule has 2 amide bonds. The molecule has 9 heteroatoms. The minimum Gasteiger partial charge on any atom is -0.323 e. The number of aromatic nitrogens is 4. The molecule has 0 aliphatic carbocycles. The summed E-state index contributed by atoms with van der Waals surface area (Å²) in [7, 11) is 3.81. The average molecular weight is 683 g/mol. The molecular formula is C42H50N8O. The fraction of sp³-hybridized carbons (Fsp3) is 0.262. The summed E-state index contributed by atoms with van der Waals surface area (Å²) in [6.45, 7) is 4.84. The summed E-state index contributed by atoms with van der Waals surface area (Å²) in [6, 6.07) is 40.9. The maximum absolute atomic E-state index is 12.9. The van der Waals surface area contributed by atoms with Gasteiger partial charge in [-0.3, -0.25) is 10.2 Å². The lowest BCUT2D eigenvalue weighted by Gasteiger charge is -2.31. The zero-order chi connectivity index (χ0) is 34.5. The molecule has 0 atom stereocenters. The van der Waals surface area contributed by atoms with Gasteiger partial charge < -0.3 is 20.4 Å². The number of benzene rings is 4. The Balaban J connectivity index is 0.000000169. The van der Waals surface area contributed by atoms with Crippen molar-refractivity contribution in [3.05, 3.63) is 155 Å². The zero-order valence-corrected chi connectivity index (χ0v) is 28.9. The summed E-state index contributed by atoms with van der Waals surface area (Å²) in [4.78, 5) is 16.6. The van der Waals surface area contributed by atoms with Crippen molar-refractivity contribution in [3.63, 3.8) is 0 Å². The van der Waals surface area contributed by atoms with Gasteiger partial charge in [0.15, 0.2) is 0 Å². The number of amides is 2. The number of urea groups is 1. The quantitative estimate of drug-likeness (QED) is 0.146. The van der Waals surface area contributed by atoms with E-state index in [1.54, 1.807) is 4.90 Å². The van der Waals surface area contributed by atoms with E-state index < -0.39 is 0 Å². The lowest BCUT2D eigenvalue weighted by atomic mass is 10.0. The fourth-order valence-corrected chi connectivity index (χ4v) is 6.32. The van der Waals surface area contributed by atoms with E-state index in [4.69, 9.17) is 0 Å². The van der Waals surface area contributed by atoms with Crippen LogP contribution in [-0.2, 0) is 39.0 Å². The van der Waals surface area contributed by atoms with Gasteiger partial charge in [-0.2, -0.15) is 10.2 Å². The average Bonchev–Trinajstić information content (AvgIpc) is 3.81. The third kappa shape index (κ3) is 9.60. The van der Waals surface area contributed by atoms with Gasteiger partial charge in [0, 0.05) is 86.3 Å². The molecule has 0 saturated heterocycles. The molecule has 0 radical (unpaired) electrons. The molecule has 9 nitrogen and oxygen atoms in total. The van der Waals surface area contributed by atoms with Crippen LogP contribution in [0.25, 0.3) is 22.5 Å². The van der Waals surface area contributed by atoms with Crippen LogP contribution in [0.5, 0.6) is 0 Å². The van der Waals surface area contributed by atoms with E-state index in [9.17, 15) is 4.79 Å². The van der Waals surface area contributed by atoms with Crippen LogP contribution >= 0.6 is 0 Å². The van der Waals surface area contributed by atoms with Crippen molar-refractivity contribution in [2.45, 2.75) is 46.4 Å². The molecule has 0 saturated carbocycles. The molecular weight excluding hydrogens is 633 g/mol. The highest BCUT2D eigenvalue weighted by Gasteiger charge is 2.27. The third-order valence-electron chi connectivity index (χ3n) is 8.92. The summed E-state index contributed by atoms with van der Waals surface area (Å²) in [5.74, 6) is 0. The maximum Gasteiger partial charge on any atom is 0.320 e. The number of carbonyl (C=O) groups is 1. The van der Waals surface area contributed by atoms with E-state index in [2.05, 4.69) is 67.4 Å². The number of fused-ring (bicyclic) bond motifs is 2. The number of H-pyrrole nitrogens is 2. The molecule has 0 unspecified atom stereocenters. The molecule has 4 aromatic carbocycles. The summed E-state index contributed by atoms with van der Waals surface area (Å²) in [6.07, 6.45) is 1.86. The second kappa shape index (κ2) is 18.5. The number of rotatable bonds is 6. The van der Waals surface area contributed by atoms with Gasteiger partial charge in [-0.25, -0.2) is 4.79 Å². The zero-order valence-electron chi connectivity index (χ0n) is 28.9. The van der Waals surface area contributed by atoms with Crippen LogP contribution in [0.15, 0.2) is 121 Å². The SMILES string of the molecule is C.CN(Cc1ccccc1)C(=O)N1CCc2[nH]nc(-c3ccccc3)c2C1.CNCc1ccccc1.c1ccc(-c2n[nH]c3c2CNCC3)cc1. The van der Waals surface area contributed by atoms with Crippen LogP contribution < -0.4 is 10.6 Å². The monoisotopic (exact) mass is 682 g/mol. The van der Waals surface area contributed by atoms with Crippen LogP contribution in [-0.4, -0.2) is 63.4 Å². The Kier molecular flexibility index (Phi) is 13.3. The molecule has 51 heavy (non-hydrogen) atoms. The van der Waals surface area contributed by atoms with E-state index >= 15 is 0 Å². The first kappa shape index (κ1) is 36.8. The maximum atomic E-state index is 12.9. The molecule has 0 bridgehead atoms. The van der Waals surface area contributed by atoms with E-state index in [0.717, 1.165) is 66.2 Å². The number of aromatic amines is 2. The normalized spacial score (nSPS) is 12.9. The number of hydrogen-bond acceptors (Lipinski definition) is 5. The Bertz CT molecular complexity index is 1910. The van der Waals surface area contributed by atoms with Gasteiger partial charge in [0.1, 0.15) is 0 Å². The van der Waals surface area contributed by atoms with Crippen LogP contribution in [0, 0.1) is 0 Å². The molecule has 0 spiro atoms. The van der Waals surface area contributed by atoms with Crippen molar-refractivity contribution in [1.82, 2.24) is 40.8 Å². The lowest BCUT2D eigenvalue weighted by Crippen LogP contribution is -2.43. The van der Waals surface area contributed by atoms with Gasteiger partial charge in [0.25, 0.3) is 0 Å². The van der Waals surface area contributed by atoms with Gasteiger partial charge in [-0.15, -0.1) is 0 Å².